The number of esters is 3. The Labute approximate surface area is 242 Å². The van der Waals surface area contributed by atoms with Crippen molar-refractivity contribution < 1.29 is 33.4 Å². The van der Waals surface area contributed by atoms with Crippen LogP contribution in [0.4, 0.5) is 0 Å². The van der Waals surface area contributed by atoms with Crippen LogP contribution < -0.4 is 0 Å². The fraction of sp³-hybridized carbons (Fsp3) is 0.533. The first kappa shape index (κ1) is 33.5. The van der Waals surface area contributed by atoms with Crippen LogP contribution in [0.3, 0.4) is 0 Å². The second-order valence-electron chi connectivity index (χ2n) is 11.7. The Kier molecular flexibility index (Phi) is 12.1. The van der Waals surface area contributed by atoms with Gasteiger partial charge in [0.15, 0.2) is 0 Å². The minimum atomic E-state index is -0.660. The largest absolute Gasteiger partial charge is 0.468 e. The molecule has 0 atom stereocenters. The van der Waals surface area contributed by atoms with E-state index in [0.717, 1.165) is 0 Å². The van der Waals surface area contributed by atoms with E-state index in [-0.39, 0.29) is 36.8 Å². The predicted octanol–water partition coefficient (Wildman–Crippen LogP) is 3.45. The maximum atomic E-state index is 12.5. The van der Waals surface area contributed by atoms with E-state index < -0.39 is 29.1 Å². The molecule has 2 aromatic heterocycles. The Hall–Kier alpha value is -3.70. The van der Waals surface area contributed by atoms with E-state index in [1.165, 1.54) is 14.0 Å². The highest BCUT2D eigenvalue weighted by atomic mass is 16.6. The Morgan fingerprint density at radius 3 is 1.49 bits per heavy atom. The summed E-state index contributed by atoms with van der Waals surface area (Å²) in [6, 6.07) is 10.1. The number of aromatic nitrogens is 2. The van der Waals surface area contributed by atoms with Gasteiger partial charge >= 0.3 is 17.9 Å². The van der Waals surface area contributed by atoms with Crippen molar-refractivity contribution in [3.8, 4) is 0 Å². The number of carbonyl (C=O) groups excluding carboxylic acids is 4. The third kappa shape index (κ3) is 13.0. The van der Waals surface area contributed by atoms with Crippen LogP contribution in [-0.4, -0.2) is 87.9 Å². The molecule has 11 nitrogen and oxygen atoms in total. The van der Waals surface area contributed by atoms with E-state index in [1.807, 2.05) is 9.80 Å². The van der Waals surface area contributed by atoms with E-state index in [9.17, 15) is 19.2 Å². The van der Waals surface area contributed by atoms with Crippen molar-refractivity contribution in [1.29, 1.82) is 0 Å². The molecule has 0 saturated carbocycles. The van der Waals surface area contributed by atoms with Gasteiger partial charge in [0, 0.05) is 26.2 Å². The highest BCUT2D eigenvalue weighted by Gasteiger charge is 2.22. The highest BCUT2D eigenvalue weighted by Crippen LogP contribution is 2.14. The summed E-state index contributed by atoms with van der Waals surface area (Å²) in [4.78, 5) is 61.8. The average molecular weight is 571 g/mol. The summed E-state index contributed by atoms with van der Waals surface area (Å²) in [5.74, 6) is -1.53. The lowest BCUT2D eigenvalue weighted by atomic mass is 10.2. The molecule has 0 aliphatic heterocycles. The number of carbonyl (C=O) groups is 4. The molecule has 224 valence electrons. The second kappa shape index (κ2) is 14.8. The summed E-state index contributed by atoms with van der Waals surface area (Å²) >= 11 is 0. The van der Waals surface area contributed by atoms with Crippen LogP contribution in [0.2, 0.25) is 0 Å². The van der Waals surface area contributed by atoms with Crippen molar-refractivity contribution >= 4 is 23.7 Å². The predicted molar refractivity (Wildman–Crippen MR) is 152 cm³/mol. The molecular weight excluding hydrogens is 528 g/mol. The minimum absolute atomic E-state index is 0.0187. The van der Waals surface area contributed by atoms with Gasteiger partial charge in [0.25, 0.3) is 0 Å². The third-order valence-electron chi connectivity index (χ3n) is 5.36. The summed E-state index contributed by atoms with van der Waals surface area (Å²) in [5, 5.41) is 0. The maximum Gasteiger partial charge on any atom is 0.357 e. The van der Waals surface area contributed by atoms with Gasteiger partial charge < -0.3 is 14.2 Å². The Balaban J connectivity index is 2.18. The lowest BCUT2D eigenvalue weighted by molar-refractivity contribution is -0.142. The average Bonchev–Trinajstić information content (AvgIpc) is 2.85. The zero-order chi connectivity index (χ0) is 30.8. The van der Waals surface area contributed by atoms with Gasteiger partial charge in [0.2, 0.25) is 0 Å². The topological polar surface area (TPSA) is 128 Å². The molecule has 2 rings (SSSR count). The molecule has 0 bridgehead atoms. The first-order valence-corrected chi connectivity index (χ1v) is 13.4. The summed E-state index contributed by atoms with van der Waals surface area (Å²) < 4.78 is 15.7. The normalized spacial score (nSPS) is 11.9. The van der Waals surface area contributed by atoms with Crippen LogP contribution in [-0.2, 0) is 36.9 Å². The molecule has 0 fully saturated rings. The minimum Gasteiger partial charge on any atom is -0.468 e. The van der Waals surface area contributed by atoms with E-state index in [4.69, 9.17) is 14.2 Å². The Bertz CT molecular complexity index is 1220. The number of ketones is 1. The summed E-state index contributed by atoms with van der Waals surface area (Å²) in [6.07, 6.45) is 0. The van der Waals surface area contributed by atoms with Gasteiger partial charge in [-0.3, -0.25) is 19.4 Å². The standard InChI is InChI=1S/C30H42N4O7/c1-21(35)17-33(18-22-11-9-13-24(31-22)27(37)40-29(2,3)4)15-16-34(20-26(36)39-8)19-23-12-10-14-25(32-23)28(38)41-30(5,6)7/h9-14H,15-20H2,1-8H3. The molecule has 2 aromatic rings. The van der Waals surface area contributed by atoms with Crippen molar-refractivity contribution in [3.05, 3.63) is 59.2 Å². The molecule has 0 saturated heterocycles. The molecule has 0 aliphatic carbocycles. The SMILES string of the molecule is COC(=O)CN(CCN(CC(C)=O)Cc1cccc(C(=O)OC(C)(C)C)n1)Cc1cccc(C(=O)OC(C)(C)C)n1. The quantitative estimate of drug-likeness (QED) is 0.259. The van der Waals surface area contributed by atoms with E-state index in [1.54, 1.807) is 77.9 Å². The number of nitrogens with zero attached hydrogens (tertiary/aromatic N) is 4. The van der Waals surface area contributed by atoms with Crippen molar-refractivity contribution in [1.82, 2.24) is 19.8 Å². The van der Waals surface area contributed by atoms with E-state index in [0.29, 0.717) is 31.0 Å². The maximum absolute atomic E-state index is 12.5. The van der Waals surface area contributed by atoms with Crippen molar-refractivity contribution in [2.24, 2.45) is 0 Å². The van der Waals surface area contributed by atoms with Gasteiger partial charge in [0.1, 0.15) is 28.4 Å². The molecular formula is C30H42N4O7. The fourth-order valence-electron chi connectivity index (χ4n) is 3.75. The molecule has 0 spiro atoms. The second-order valence-corrected chi connectivity index (χ2v) is 11.7. The first-order valence-electron chi connectivity index (χ1n) is 13.4. The molecule has 2 heterocycles. The van der Waals surface area contributed by atoms with Gasteiger partial charge in [-0.1, -0.05) is 12.1 Å². The number of ether oxygens (including phenoxy) is 3. The van der Waals surface area contributed by atoms with E-state index >= 15 is 0 Å². The zero-order valence-corrected chi connectivity index (χ0v) is 25.4. The summed E-state index contributed by atoms with van der Waals surface area (Å²) in [7, 11) is 1.31. The van der Waals surface area contributed by atoms with Gasteiger partial charge in [0.05, 0.1) is 31.6 Å². The molecule has 0 unspecified atom stereocenters. The molecule has 0 aliphatic rings. The molecule has 0 N–H and O–H groups in total. The lowest BCUT2D eigenvalue weighted by Gasteiger charge is -2.26. The van der Waals surface area contributed by atoms with Crippen LogP contribution in [0.25, 0.3) is 0 Å². The molecule has 0 radical (unpaired) electrons. The molecule has 41 heavy (non-hydrogen) atoms. The third-order valence-corrected chi connectivity index (χ3v) is 5.36. The van der Waals surface area contributed by atoms with Gasteiger partial charge in [-0.15, -0.1) is 0 Å². The number of pyridine rings is 2. The van der Waals surface area contributed by atoms with Crippen LogP contribution in [0.15, 0.2) is 36.4 Å². The number of hydrogen-bond acceptors (Lipinski definition) is 11. The number of hydrogen-bond donors (Lipinski definition) is 0. The summed E-state index contributed by atoms with van der Waals surface area (Å²) in [5.41, 5.74) is 0.212. The van der Waals surface area contributed by atoms with Gasteiger partial charge in [-0.25, -0.2) is 19.6 Å². The molecule has 11 heteroatoms. The number of rotatable bonds is 13. The highest BCUT2D eigenvalue weighted by molar-refractivity contribution is 5.88. The Morgan fingerprint density at radius 2 is 1.12 bits per heavy atom. The Morgan fingerprint density at radius 1 is 0.707 bits per heavy atom. The fourth-order valence-corrected chi connectivity index (χ4v) is 3.75. The van der Waals surface area contributed by atoms with Crippen molar-refractivity contribution in [2.75, 3.05) is 33.3 Å². The number of Topliss-reactive ketones (excluding diaryl/α,β-unsaturated/α-hetero) is 1. The lowest BCUT2D eigenvalue weighted by Crippen LogP contribution is -2.39. The molecule has 0 amide bonds. The van der Waals surface area contributed by atoms with Crippen LogP contribution in [0.5, 0.6) is 0 Å². The first-order chi connectivity index (χ1) is 19.0. The van der Waals surface area contributed by atoms with Gasteiger partial charge in [-0.05, 0) is 72.7 Å². The number of methoxy groups -OCH3 is 1. The van der Waals surface area contributed by atoms with Gasteiger partial charge in [-0.2, -0.15) is 0 Å². The summed E-state index contributed by atoms with van der Waals surface area (Å²) in [6.45, 7) is 13.7. The van der Waals surface area contributed by atoms with Crippen molar-refractivity contribution in [3.63, 3.8) is 0 Å². The molecule has 0 aromatic carbocycles. The van der Waals surface area contributed by atoms with Crippen LogP contribution in [0, 0.1) is 0 Å². The van der Waals surface area contributed by atoms with Crippen LogP contribution >= 0.6 is 0 Å². The smallest absolute Gasteiger partial charge is 0.357 e. The zero-order valence-electron chi connectivity index (χ0n) is 25.4. The van der Waals surface area contributed by atoms with Crippen LogP contribution in [0.1, 0.15) is 80.8 Å². The monoisotopic (exact) mass is 570 g/mol. The van der Waals surface area contributed by atoms with Crippen molar-refractivity contribution in [2.45, 2.75) is 72.8 Å². The van der Waals surface area contributed by atoms with E-state index in [2.05, 4.69) is 9.97 Å².